The molecule has 1 amide bonds. The molecule has 1 aromatic heterocycles. The molecule has 0 spiro atoms. The molecular formula is C15H16N4O3. The number of aryl methyl sites for hydroxylation is 1. The Morgan fingerprint density at radius 2 is 1.86 bits per heavy atom. The van der Waals surface area contributed by atoms with E-state index < -0.39 is 5.97 Å². The molecule has 0 aliphatic rings. The number of amides is 1. The summed E-state index contributed by atoms with van der Waals surface area (Å²) in [7, 11) is 1.30. The molecule has 1 aromatic carbocycles. The number of methoxy groups -OCH3 is 1. The predicted octanol–water partition coefficient (Wildman–Crippen LogP) is 1.08. The van der Waals surface area contributed by atoms with Gasteiger partial charge in [0.1, 0.15) is 11.6 Å². The number of benzene rings is 1. The standard InChI is InChI=1S/C15H16N4O3/c1-9-17-7-12(13(16)19-9)8-18-14(20)10-3-5-11(6-4-10)15(21)22-2/h3-7H,8H2,1-2H3,(H,18,20)(H2,16,17,19). The zero-order chi connectivity index (χ0) is 16.1. The first-order valence-electron chi connectivity index (χ1n) is 6.56. The number of rotatable bonds is 4. The van der Waals surface area contributed by atoms with Crippen LogP contribution in [-0.2, 0) is 11.3 Å². The third-order valence-corrected chi connectivity index (χ3v) is 3.03. The minimum atomic E-state index is -0.448. The van der Waals surface area contributed by atoms with Gasteiger partial charge in [-0.25, -0.2) is 14.8 Å². The largest absolute Gasteiger partial charge is 0.465 e. The molecule has 7 heteroatoms. The van der Waals surface area contributed by atoms with E-state index in [-0.39, 0.29) is 12.5 Å². The van der Waals surface area contributed by atoms with E-state index in [0.29, 0.717) is 28.3 Å². The average Bonchev–Trinajstić information content (AvgIpc) is 2.53. The number of anilines is 1. The molecule has 2 rings (SSSR count). The third-order valence-electron chi connectivity index (χ3n) is 3.03. The maximum absolute atomic E-state index is 12.0. The number of ether oxygens (including phenoxy) is 1. The summed E-state index contributed by atoms with van der Waals surface area (Å²) >= 11 is 0. The minimum absolute atomic E-state index is 0.226. The van der Waals surface area contributed by atoms with E-state index in [0.717, 1.165) is 0 Å². The second-order valence-electron chi connectivity index (χ2n) is 4.58. The van der Waals surface area contributed by atoms with Crippen LogP contribution in [0.1, 0.15) is 32.1 Å². The minimum Gasteiger partial charge on any atom is -0.465 e. The van der Waals surface area contributed by atoms with Gasteiger partial charge in [0.15, 0.2) is 0 Å². The summed E-state index contributed by atoms with van der Waals surface area (Å²) in [5, 5.41) is 2.72. The van der Waals surface area contributed by atoms with E-state index in [1.54, 1.807) is 25.3 Å². The van der Waals surface area contributed by atoms with Crippen LogP contribution in [-0.4, -0.2) is 29.0 Å². The summed E-state index contributed by atoms with van der Waals surface area (Å²) in [4.78, 5) is 31.4. The van der Waals surface area contributed by atoms with Crippen molar-refractivity contribution in [3.05, 3.63) is 53.0 Å². The van der Waals surface area contributed by atoms with Gasteiger partial charge >= 0.3 is 5.97 Å². The van der Waals surface area contributed by atoms with Gasteiger partial charge in [-0.05, 0) is 31.2 Å². The number of aromatic nitrogens is 2. The van der Waals surface area contributed by atoms with Crippen LogP contribution in [0.5, 0.6) is 0 Å². The molecule has 7 nitrogen and oxygen atoms in total. The van der Waals surface area contributed by atoms with Crippen molar-refractivity contribution in [1.82, 2.24) is 15.3 Å². The van der Waals surface area contributed by atoms with Gasteiger partial charge in [-0.1, -0.05) is 0 Å². The van der Waals surface area contributed by atoms with E-state index in [1.165, 1.54) is 19.2 Å². The fourth-order valence-corrected chi connectivity index (χ4v) is 1.80. The Morgan fingerprint density at radius 3 is 2.45 bits per heavy atom. The Balaban J connectivity index is 2.01. The SMILES string of the molecule is COC(=O)c1ccc(C(=O)NCc2cnc(C)nc2N)cc1. The highest BCUT2D eigenvalue weighted by Gasteiger charge is 2.10. The molecule has 22 heavy (non-hydrogen) atoms. The van der Waals surface area contributed by atoms with Crippen LogP contribution in [0.15, 0.2) is 30.5 Å². The van der Waals surface area contributed by atoms with Crippen molar-refractivity contribution in [3.8, 4) is 0 Å². The topological polar surface area (TPSA) is 107 Å². The van der Waals surface area contributed by atoms with Gasteiger partial charge in [-0.2, -0.15) is 0 Å². The molecule has 1 heterocycles. The second kappa shape index (κ2) is 6.66. The number of carbonyl (C=O) groups is 2. The van der Waals surface area contributed by atoms with Crippen LogP contribution in [0.2, 0.25) is 0 Å². The van der Waals surface area contributed by atoms with Gasteiger partial charge in [-0.15, -0.1) is 0 Å². The van der Waals surface area contributed by atoms with Crippen molar-refractivity contribution < 1.29 is 14.3 Å². The Bertz CT molecular complexity index is 698. The first-order chi connectivity index (χ1) is 10.5. The number of nitrogen functional groups attached to an aromatic ring is 1. The smallest absolute Gasteiger partial charge is 0.337 e. The summed E-state index contributed by atoms with van der Waals surface area (Å²) < 4.78 is 4.60. The van der Waals surface area contributed by atoms with E-state index in [9.17, 15) is 9.59 Å². The monoisotopic (exact) mass is 300 g/mol. The Labute approximate surface area is 127 Å². The molecule has 3 N–H and O–H groups in total. The van der Waals surface area contributed by atoms with E-state index in [4.69, 9.17) is 5.73 Å². The number of nitrogens with one attached hydrogen (secondary N) is 1. The molecule has 0 aliphatic carbocycles. The second-order valence-corrected chi connectivity index (χ2v) is 4.58. The molecule has 0 radical (unpaired) electrons. The maximum Gasteiger partial charge on any atom is 0.337 e. The lowest BCUT2D eigenvalue weighted by atomic mass is 10.1. The fourth-order valence-electron chi connectivity index (χ4n) is 1.80. The molecule has 114 valence electrons. The van der Waals surface area contributed by atoms with Crippen molar-refractivity contribution in [2.45, 2.75) is 13.5 Å². The first kappa shape index (κ1) is 15.4. The van der Waals surface area contributed by atoms with Crippen molar-refractivity contribution in [3.63, 3.8) is 0 Å². The quantitative estimate of drug-likeness (QED) is 0.818. The number of nitrogens with zero attached hydrogens (tertiary/aromatic N) is 2. The van der Waals surface area contributed by atoms with Crippen LogP contribution in [0.4, 0.5) is 5.82 Å². The van der Waals surface area contributed by atoms with E-state index >= 15 is 0 Å². The van der Waals surface area contributed by atoms with Crippen molar-refractivity contribution in [2.24, 2.45) is 0 Å². The molecule has 0 aliphatic heterocycles. The van der Waals surface area contributed by atoms with Gasteiger partial charge in [0.25, 0.3) is 5.91 Å². The Kier molecular flexibility index (Phi) is 4.67. The number of hydrogen-bond acceptors (Lipinski definition) is 6. The Morgan fingerprint density at radius 1 is 1.23 bits per heavy atom. The van der Waals surface area contributed by atoms with Crippen LogP contribution >= 0.6 is 0 Å². The Hall–Kier alpha value is -2.96. The van der Waals surface area contributed by atoms with Crippen LogP contribution in [0.3, 0.4) is 0 Å². The molecule has 0 fully saturated rings. The molecule has 0 bridgehead atoms. The summed E-state index contributed by atoms with van der Waals surface area (Å²) in [6, 6.07) is 6.17. The molecule has 0 atom stereocenters. The summed E-state index contributed by atoms with van der Waals surface area (Å²) in [6.45, 7) is 1.96. The maximum atomic E-state index is 12.0. The van der Waals surface area contributed by atoms with Crippen LogP contribution in [0.25, 0.3) is 0 Å². The van der Waals surface area contributed by atoms with E-state index in [2.05, 4.69) is 20.0 Å². The van der Waals surface area contributed by atoms with Crippen molar-refractivity contribution in [2.75, 3.05) is 12.8 Å². The highest BCUT2D eigenvalue weighted by Crippen LogP contribution is 2.09. The van der Waals surface area contributed by atoms with Gasteiger partial charge in [0.05, 0.1) is 12.7 Å². The molecule has 0 saturated carbocycles. The molecule has 2 aromatic rings. The zero-order valence-corrected chi connectivity index (χ0v) is 12.3. The van der Waals surface area contributed by atoms with Crippen molar-refractivity contribution in [1.29, 1.82) is 0 Å². The van der Waals surface area contributed by atoms with Gasteiger partial charge < -0.3 is 15.8 Å². The summed E-state index contributed by atoms with van der Waals surface area (Å²) in [5.74, 6) is 0.188. The average molecular weight is 300 g/mol. The number of nitrogens with two attached hydrogens (primary N) is 1. The highest BCUT2D eigenvalue weighted by molar-refractivity contribution is 5.96. The zero-order valence-electron chi connectivity index (χ0n) is 12.3. The number of esters is 1. The number of carbonyl (C=O) groups excluding carboxylic acids is 2. The summed E-state index contributed by atoms with van der Waals surface area (Å²) in [5.41, 5.74) is 7.22. The lowest BCUT2D eigenvalue weighted by Crippen LogP contribution is -2.23. The molecule has 0 unspecified atom stereocenters. The lowest BCUT2D eigenvalue weighted by molar-refractivity contribution is 0.0600. The molecule has 0 saturated heterocycles. The molecular weight excluding hydrogens is 284 g/mol. The van der Waals surface area contributed by atoms with Gasteiger partial charge in [0, 0.05) is 23.9 Å². The number of hydrogen-bond donors (Lipinski definition) is 2. The fraction of sp³-hybridized carbons (Fsp3) is 0.200. The van der Waals surface area contributed by atoms with Crippen LogP contribution < -0.4 is 11.1 Å². The third kappa shape index (κ3) is 3.57. The van der Waals surface area contributed by atoms with Crippen LogP contribution in [0, 0.1) is 6.92 Å². The predicted molar refractivity (Wildman–Crippen MR) is 80.1 cm³/mol. The first-order valence-corrected chi connectivity index (χ1v) is 6.56. The van der Waals surface area contributed by atoms with E-state index in [1.807, 2.05) is 0 Å². The highest BCUT2D eigenvalue weighted by atomic mass is 16.5. The van der Waals surface area contributed by atoms with Crippen molar-refractivity contribution >= 4 is 17.7 Å². The normalized spacial score (nSPS) is 10.1. The summed E-state index contributed by atoms with van der Waals surface area (Å²) in [6.07, 6.45) is 1.58. The van der Waals surface area contributed by atoms with Gasteiger partial charge in [-0.3, -0.25) is 4.79 Å². The van der Waals surface area contributed by atoms with Gasteiger partial charge in [0.2, 0.25) is 0 Å². The lowest BCUT2D eigenvalue weighted by Gasteiger charge is -2.08.